The molecule has 0 atom stereocenters. The van der Waals surface area contributed by atoms with E-state index in [1.807, 2.05) is 29.9 Å². The highest BCUT2D eigenvalue weighted by molar-refractivity contribution is 6.03. The van der Waals surface area contributed by atoms with Crippen LogP contribution in [-0.2, 0) is 18.3 Å². The standard InChI is InChI=1S/C15H18N2O3/c1-16-9-11(10-17-5-7-20-8-6-17)12-3-2-4-13(14(12)16)15(18)19/h2-4,9H,5-8,10H2,1H3,(H,18,19). The van der Waals surface area contributed by atoms with Crippen molar-refractivity contribution in [2.45, 2.75) is 6.54 Å². The molecule has 0 spiro atoms. The van der Waals surface area contributed by atoms with E-state index in [0.717, 1.165) is 43.8 Å². The summed E-state index contributed by atoms with van der Waals surface area (Å²) in [5.74, 6) is -0.880. The first-order valence-corrected chi connectivity index (χ1v) is 6.77. The monoisotopic (exact) mass is 274 g/mol. The Kier molecular flexibility index (Phi) is 3.46. The second kappa shape index (κ2) is 5.26. The normalized spacial score (nSPS) is 16.6. The summed E-state index contributed by atoms with van der Waals surface area (Å²) < 4.78 is 7.27. The molecule has 5 nitrogen and oxygen atoms in total. The topological polar surface area (TPSA) is 54.7 Å². The molecule has 5 heteroatoms. The molecule has 1 fully saturated rings. The van der Waals surface area contributed by atoms with E-state index in [1.165, 1.54) is 5.56 Å². The van der Waals surface area contributed by atoms with Crippen LogP contribution in [0.4, 0.5) is 0 Å². The van der Waals surface area contributed by atoms with E-state index in [4.69, 9.17) is 4.74 Å². The Morgan fingerprint density at radius 3 is 2.80 bits per heavy atom. The van der Waals surface area contributed by atoms with Gasteiger partial charge in [0.05, 0.1) is 24.3 Å². The third-order valence-corrected chi connectivity index (χ3v) is 3.81. The van der Waals surface area contributed by atoms with Crippen LogP contribution < -0.4 is 0 Å². The Labute approximate surface area is 117 Å². The predicted octanol–water partition coefficient (Wildman–Crippen LogP) is 1.71. The third kappa shape index (κ3) is 2.30. The Morgan fingerprint density at radius 1 is 1.35 bits per heavy atom. The van der Waals surface area contributed by atoms with Crippen LogP contribution >= 0.6 is 0 Å². The maximum Gasteiger partial charge on any atom is 0.337 e. The average molecular weight is 274 g/mol. The van der Waals surface area contributed by atoms with Crippen LogP contribution in [0.25, 0.3) is 10.9 Å². The minimum atomic E-state index is -0.880. The maximum atomic E-state index is 11.3. The van der Waals surface area contributed by atoms with Gasteiger partial charge in [0.1, 0.15) is 0 Å². The summed E-state index contributed by atoms with van der Waals surface area (Å²) in [6, 6.07) is 5.47. The van der Waals surface area contributed by atoms with Crippen molar-refractivity contribution in [1.29, 1.82) is 0 Å². The van der Waals surface area contributed by atoms with E-state index in [1.54, 1.807) is 6.07 Å². The minimum Gasteiger partial charge on any atom is -0.478 e. The molecular weight excluding hydrogens is 256 g/mol. The lowest BCUT2D eigenvalue weighted by molar-refractivity contribution is 0.0343. The van der Waals surface area contributed by atoms with Crippen molar-refractivity contribution in [3.8, 4) is 0 Å². The second-order valence-electron chi connectivity index (χ2n) is 5.16. The molecule has 1 N–H and O–H groups in total. The molecule has 0 bridgehead atoms. The molecule has 20 heavy (non-hydrogen) atoms. The highest BCUT2D eigenvalue weighted by Gasteiger charge is 2.17. The molecule has 1 saturated heterocycles. The van der Waals surface area contributed by atoms with Gasteiger partial charge < -0.3 is 14.4 Å². The molecule has 0 amide bonds. The van der Waals surface area contributed by atoms with Gasteiger partial charge in [-0.2, -0.15) is 0 Å². The van der Waals surface area contributed by atoms with Gasteiger partial charge in [-0.1, -0.05) is 12.1 Å². The molecule has 0 unspecified atom stereocenters. The highest BCUT2D eigenvalue weighted by Crippen LogP contribution is 2.25. The van der Waals surface area contributed by atoms with Gasteiger partial charge in [-0.15, -0.1) is 0 Å². The van der Waals surface area contributed by atoms with E-state index in [2.05, 4.69) is 4.90 Å². The molecule has 1 aliphatic heterocycles. The van der Waals surface area contributed by atoms with Gasteiger partial charge in [0, 0.05) is 38.3 Å². The SMILES string of the molecule is Cn1cc(CN2CCOCC2)c2cccc(C(=O)O)c21. The lowest BCUT2D eigenvalue weighted by atomic mass is 10.1. The summed E-state index contributed by atoms with van der Waals surface area (Å²) in [6.07, 6.45) is 2.03. The number of rotatable bonds is 3. The van der Waals surface area contributed by atoms with Gasteiger partial charge in [-0.3, -0.25) is 4.90 Å². The van der Waals surface area contributed by atoms with Crippen LogP contribution in [0.1, 0.15) is 15.9 Å². The van der Waals surface area contributed by atoms with Crippen LogP contribution in [0.3, 0.4) is 0 Å². The number of hydrogen-bond donors (Lipinski definition) is 1. The fourth-order valence-electron chi connectivity index (χ4n) is 2.85. The molecule has 106 valence electrons. The Balaban J connectivity index is 1.99. The van der Waals surface area contributed by atoms with Crippen LogP contribution in [0, 0.1) is 0 Å². The molecule has 1 aromatic carbocycles. The zero-order chi connectivity index (χ0) is 14.1. The molecule has 0 aliphatic carbocycles. The van der Waals surface area contributed by atoms with Gasteiger partial charge in [0.15, 0.2) is 0 Å². The van der Waals surface area contributed by atoms with Gasteiger partial charge in [-0.25, -0.2) is 4.79 Å². The first-order chi connectivity index (χ1) is 9.66. The molecule has 1 aromatic heterocycles. The van der Waals surface area contributed by atoms with Crippen molar-refractivity contribution in [2.24, 2.45) is 7.05 Å². The number of para-hydroxylation sites is 1. The smallest absolute Gasteiger partial charge is 0.337 e. The predicted molar refractivity (Wildman–Crippen MR) is 76.0 cm³/mol. The Bertz CT molecular complexity index is 642. The van der Waals surface area contributed by atoms with Crippen molar-refractivity contribution < 1.29 is 14.6 Å². The molecule has 0 radical (unpaired) electrons. The van der Waals surface area contributed by atoms with Crippen molar-refractivity contribution in [3.05, 3.63) is 35.5 Å². The Hall–Kier alpha value is -1.85. The number of aromatic carboxylic acids is 1. The first-order valence-electron chi connectivity index (χ1n) is 6.77. The van der Waals surface area contributed by atoms with Gasteiger partial charge in [-0.05, 0) is 11.6 Å². The van der Waals surface area contributed by atoms with E-state index in [0.29, 0.717) is 5.56 Å². The molecule has 2 heterocycles. The van der Waals surface area contributed by atoms with E-state index in [9.17, 15) is 9.90 Å². The quantitative estimate of drug-likeness (QED) is 0.925. The Morgan fingerprint density at radius 2 is 2.10 bits per heavy atom. The molecule has 1 aliphatic rings. The molecular formula is C15H18N2O3. The number of hydrogen-bond acceptors (Lipinski definition) is 3. The summed E-state index contributed by atoms with van der Waals surface area (Å²) in [5.41, 5.74) is 2.33. The van der Waals surface area contributed by atoms with Gasteiger partial charge in [0.25, 0.3) is 0 Å². The number of morpholine rings is 1. The van der Waals surface area contributed by atoms with Crippen molar-refractivity contribution in [1.82, 2.24) is 9.47 Å². The van der Waals surface area contributed by atoms with Crippen molar-refractivity contribution in [3.63, 3.8) is 0 Å². The number of carboxylic acid groups (broad SMARTS) is 1. The second-order valence-corrected chi connectivity index (χ2v) is 5.16. The number of carboxylic acids is 1. The van der Waals surface area contributed by atoms with Crippen LogP contribution in [0.2, 0.25) is 0 Å². The third-order valence-electron chi connectivity index (χ3n) is 3.81. The molecule has 3 rings (SSSR count). The van der Waals surface area contributed by atoms with E-state index in [-0.39, 0.29) is 0 Å². The zero-order valence-corrected chi connectivity index (χ0v) is 11.5. The van der Waals surface area contributed by atoms with E-state index >= 15 is 0 Å². The lowest BCUT2D eigenvalue weighted by Gasteiger charge is -2.26. The van der Waals surface area contributed by atoms with Crippen molar-refractivity contribution in [2.75, 3.05) is 26.3 Å². The summed E-state index contributed by atoms with van der Waals surface area (Å²) in [5, 5.41) is 10.3. The maximum absolute atomic E-state index is 11.3. The number of aromatic nitrogens is 1. The van der Waals surface area contributed by atoms with Crippen molar-refractivity contribution >= 4 is 16.9 Å². The van der Waals surface area contributed by atoms with Gasteiger partial charge >= 0.3 is 5.97 Å². The average Bonchev–Trinajstić information content (AvgIpc) is 2.77. The largest absolute Gasteiger partial charge is 0.478 e. The zero-order valence-electron chi connectivity index (χ0n) is 11.5. The van der Waals surface area contributed by atoms with Crippen LogP contribution in [0.5, 0.6) is 0 Å². The lowest BCUT2D eigenvalue weighted by Crippen LogP contribution is -2.35. The summed E-state index contributed by atoms with van der Waals surface area (Å²) in [6.45, 7) is 4.23. The van der Waals surface area contributed by atoms with E-state index < -0.39 is 5.97 Å². The summed E-state index contributed by atoms with van der Waals surface area (Å²) >= 11 is 0. The number of fused-ring (bicyclic) bond motifs is 1. The number of carbonyl (C=O) groups is 1. The fraction of sp³-hybridized carbons (Fsp3) is 0.400. The minimum absolute atomic E-state index is 0.359. The highest BCUT2D eigenvalue weighted by atomic mass is 16.5. The number of benzene rings is 1. The van der Waals surface area contributed by atoms with Crippen LogP contribution in [0.15, 0.2) is 24.4 Å². The fourth-order valence-corrected chi connectivity index (χ4v) is 2.85. The van der Waals surface area contributed by atoms with Gasteiger partial charge in [0.2, 0.25) is 0 Å². The summed E-state index contributed by atoms with van der Waals surface area (Å²) in [7, 11) is 1.90. The molecule has 2 aromatic rings. The number of ether oxygens (including phenoxy) is 1. The number of nitrogens with zero attached hydrogens (tertiary/aromatic N) is 2. The summed E-state index contributed by atoms with van der Waals surface area (Å²) in [4.78, 5) is 13.7. The number of aryl methyl sites for hydroxylation is 1. The van der Waals surface area contributed by atoms with Crippen LogP contribution in [-0.4, -0.2) is 46.8 Å². The molecule has 0 saturated carbocycles. The first kappa shape index (κ1) is 13.1.